The number of halogens is 1. The quantitative estimate of drug-likeness (QED) is 0.927. The largest absolute Gasteiger partial charge is 0.384 e. The van der Waals surface area contributed by atoms with E-state index >= 15 is 0 Å². The van der Waals surface area contributed by atoms with Crippen molar-refractivity contribution in [1.82, 2.24) is 9.78 Å². The number of nitrogens with zero attached hydrogens (tertiary/aromatic N) is 2. The Kier molecular flexibility index (Phi) is 3.75. The smallest absolute Gasteiger partial charge is 0.152 e. The van der Waals surface area contributed by atoms with Crippen LogP contribution in [0, 0.1) is 0 Å². The van der Waals surface area contributed by atoms with Gasteiger partial charge in [-0.25, -0.2) is 13.1 Å². The number of nitrogens with two attached hydrogens (primary N) is 1. The maximum absolute atomic E-state index is 11.7. The second-order valence-electron chi connectivity index (χ2n) is 5.17. The molecule has 1 unspecified atom stereocenters. The Morgan fingerprint density at radius 3 is 2.86 bits per heavy atom. The van der Waals surface area contributed by atoms with Crippen LogP contribution in [0.4, 0.5) is 5.82 Å². The van der Waals surface area contributed by atoms with Gasteiger partial charge in [0.05, 0.1) is 27.4 Å². The zero-order valence-corrected chi connectivity index (χ0v) is 13.9. The predicted molar refractivity (Wildman–Crippen MR) is 86.6 cm³/mol. The van der Waals surface area contributed by atoms with Crippen molar-refractivity contribution in [3.63, 3.8) is 0 Å². The highest BCUT2D eigenvalue weighted by atomic mass is 35.5. The Labute approximate surface area is 132 Å². The molecule has 2 aromatic rings. The SMILES string of the molecule is CCc1c(-c2sccc2Cl)nn(C2CCS(=O)(=O)C2)c1N. The van der Waals surface area contributed by atoms with Crippen LogP contribution < -0.4 is 5.73 Å². The molecule has 2 aromatic heterocycles. The third-order valence-electron chi connectivity index (χ3n) is 3.79. The average molecular weight is 346 g/mol. The van der Waals surface area contributed by atoms with Crippen molar-refractivity contribution in [2.75, 3.05) is 17.2 Å². The zero-order valence-electron chi connectivity index (χ0n) is 11.5. The molecule has 0 aromatic carbocycles. The summed E-state index contributed by atoms with van der Waals surface area (Å²) in [7, 11) is -2.97. The first kappa shape index (κ1) is 14.9. The van der Waals surface area contributed by atoms with Crippen LogP contribution in [0.2, 0.25) is 5.02 Å². The molecule has 3 rings (SSSR count). The Balaban J connectivity index is 2.08. The van der Waals surface area contributed by atoms with Crippen molar-refractivity contribution < 1.29 is 8.42 Å². The van der Waals surface area contributed by atoms with Crippen LogP contribution in [0.25, 0.3) is 10.6 Å². The molecule has 0 radical (unpaired) electrons. The van der Waals surface area contributed by atoms with E-state index in [2.05, 4.69) is 5.10 Å². The molecular weight excluding hydrogens is 330 g/mol. The number of hydrogen-bond acceptors (Lipinski definition) is 5. The third-order valence-corrected chi connectivity index (χ3v) is 6.89. The van der Waals surface area contributed by atoms with Crippen molar-refractivity contribution in [3.05, 3.63) is 22.0 Å². The summed E-state index contributed by atoms with van der Waals surface area (Å²) in [6.45, 7) is 2.01. The fraction of sp³-hybridized carbons (Fsp3) is 0.462. The highest BCUT2D eigenvalue weighted by molar-refractivity contribution is 7.91. The van der Waals surface area contributed by atoms with E-state index < -0.39 is 9.84 Å². The van der Waals surface area contributed by atoms with Crippen LogP contribution in [0.3, 0.4) is 0 Å². The normalized spacial score (nSPS) is 21.0. The van der Waals surface area contributed by atoms with Gasteiger partial charge in [0.25, 0.3) is 0 Å². The summed E-state index contributed by atoms with van der Waals surface area (Å²) in [6.07, 6.45) is 1.30. The van der Waals surface area contributed by atoms with Gasteiger partial charge in [-0.2, -0.15) is 5.10 Å². The van der Waals surface area contributed by atoms with E-state index in [9.17, 15) is 8.42 Å². The lowest BCUT2D eigenvalue weighted by Crippen LogP contribution is -2.15. The Bertz CT molecular complexity index is 779. The molecule has 1 aliphatic rings. The van der Waals surface area contributed by atoms with Gasteiger partial charge in [0.15, 0.2) is 9.84 Å². The zero-order chi connectivity index (χ0) is 15.2. The van der Waals surface area contributed by atoms with Gasteiger partial charge in [-0.1, -0.05) is 18.5 Å². The van der Waals surface area contributed by atoms with E-state index in [0.717, 1.165) is 22.6 Å². The van der Waals surface area contributed by atoms with Gasteiger partial charge in [-0.05, 0) is 24.3 Å². The van der Waals surface area contributed by atoms with Gasteiger partial charge >= 0.3 is 0 Å². The van der Waals surface area contributed by atoms with Crippen LogP contribution >= 0.6 is 22.9 Å². The van der Waals surface area contributed by atoms with Gasteiger partial charge < -0.3 is 5.73 Å². The summed E-state index contributed by atoms with van der Waals surface area (Å²) in [5.41, 5.74) is 7.92. The van der Waals surface area contributed by atoms with Gasteiger partial charge in [0.2, 0.25) is 0 Å². The molecular formula is C13H16ClN3O2S2. The van der Waals surface area contributed by atoms with Gasteiger partial charge in [-0.15, -0.1) is 11.3 Å². The van der Waals surface area contributed by atoms with Crippen LogP contribution in [-0.4, -0.2) is 29.7 Å². The Hall–Kier alpha value is -1.05. The fourth-order valence-electron chi connectivity index (χ4n) is 2.72. The van der Waals surface area contributed by atoms with Gasteiger partial charge in [0.1, 0.15) is 11.5 Å². The summed E-state index contributed by atoms with van der Waals surface area (Å²) in [6, 6.07) is 1.66. The minimum atomic E-state index is -2.97. The number of hydrogen-bond donors (Lipinski definition) is 1. The lowest BCUT2D eigenvalue weighted by atomic mass is 10.1. The van der Waals surface area contributed by atoms with Crippen molar-refractivity contribution in [3.8, 4) is 10.6 Å². The minimum absolute atomic E-state index is 0.111. The highest BCUT2D eigenvalue weighted by Gasteiger charge is 2.32. The van der Waals surface area contributed by atoms with Crippen LogP contribution in [0.15, 0.2) is 11.4 Å². The van der Waals surface area contributed by atoms with Crippen LogP contribution in [0.1, 0.15) is 24.9 Å². The van der Waals surface area contributed by atoms with Crippen molar-refractivity contribution in [1.29, 1.82) is 0 Å². The second-order valence-corrected chi connectivity index (χ2v) is 8.72. The topological polar surface area (TPSA) is 78.0 Å². The molecule has 1 saturated heterocycles. The van der Waals surface area contributed by atoms with E-state index in [1.54, 1.807) is 4.68 Å². The molecule has 1 aliphatic heterocycles. The molecule has 3 heterocycles. The molecule has 0 bridgehead atoms. The molecule has 0 saturated carbocycles. The van der Waals surface area contributed by atoms with Gasteiger partial charge in [-0.3, -0.25) is 0 Å². The standard InChI is InChI=1S/C13H16ClN3O2S2/c1-2-9-11(12-10(14)3-5-20-12)16-17(13(9)15)8-4-6-21(18,19)7-8/h3,5,8H,2,4,6-7,15H2,1H3. The number of anilines is 1. The van der Waals surface area contributed by atoms with E-state index in [4.69, 9.17) is 17.3 Å². The number of nitrogen functional groups attached to an aromatic ring is 1. The first-order chi connectivity index (χ1) is 9.93. The Morgan fingerprint density at radius 2 is 2.33 bits per heavy atom. The summed E-state index contributed by atoms with van der Waals surface area (Å²) < 4.78 is 25.0. The average Bonchev–Trinajstić information content (AvgIpc) is 3.07. The number of rotatable bonds is 3. The third kappa shape index (κ3) is 2.58. The molecule has 0 amide bonds. The van der Waals surface area contributed by atoms with E-state index in [1.807, 2.05) is 18.4 Å². The molecule has 1 atom stereocenters. The number of aromatic nitrogens is 2. The van der Waals surface area contributed by atoms with E-state index in [1.165, 1.54) is 11.3 Å². The minimum Gasteiger partial charge on any atom is -0.384 e. The summed E-state index contributed by atoms with van der Waals surface area (Å²) in [5, 5.41) is 7.14. The molecule has 0 spiro atoms. The molecule has 1 fully saturated rings. The number of sulfone groups is 1. The fourth-order valence-corrected chi connectivity index (χ4v) is 5.57. The van der Waals surface area contributed by atoms with E-state index in [0.29, 0.717) is 17.3 Å². The summed E-state index contributed by atoms with van der Waals surface area (Å²) >= 11 is 7.71. The first-order valence-corrected chi connectivity index (χ1v) is 9.81. The predicted octanol–water partition coefficient (Wildman–Crippen LogP) is 2.77. The monoisotopic (exact) mass is 345 g/mol. The first-order valence-electron chi connectivity index (χ1n) is 6.73. The molecule has 0 aliphatic carbocycles. The molecule has 114 valence electrons. The van der Waals surface area contributed by atoms with E-state index in [-0.39, 0.29) is 17.5 Å². The number of thiophene rings is 1. The van der Waals surface area contributed by atoms with Gasteiger partial charge in [0, 0.05) is 5.56 Å². The van der Waals surface area contributed by atoms with Crippen LogP contribution in [-0.2, 0) is 16.3 Å². The van der Waals surface area contributed by atoms with Crippen LogP contribution in [0.5, 0.6) is 0 Å². The molecule has 5 nitrogen and oxygen atoms in total. The van der Waals surface area contributed by atoms with Crippen molar-refractivity contribution in [2.24, 2.45) is 0 Å². The lowest BCUT2D eigenvalue weighted by Gasteiger charge is -2.10. The molecule has 2 N–H and O–H groups in total. The summed E-state index contributed by atoms with van der Waals surface area (Å²) in [4.78, 5) is 0.889. The molecule has 21 heavy (non-hydrogen) atoms. The summed E-state index contributed by atoms with van der Waals surface area (Å²) in [5.74, 6) is 0.867. The Morgan fingerprint density at radius 1 is 1.57 bits per heavy atom. The maximum Gasteiger partial charge on any atom is 0.152 e. The van der Waals surface area contributed by atoms with Crippen molar-refractivity contribution >= 4 is 38.6 Å². The highest BCUT2D eigenvalue weighted by Crippen LogP contribution is 2.38. The van der Waals surface area contributed by atoms with Crippen molar-refractivity contribution in [2.45, 2.75) is 25.8 Å². The second kappa shape index (κ2) is 5.30. The lowest BCUT2D eigenvalue weighted by molar-refractivity contribution is 0.508. The maximum atomic E-state index is 11.7. The molecule has 8 heteroatoms.